The van der Waals surface area contributed by atoms with E-state index >= 15 is 0 Å². The number of carboxylic acid groups (broad SMARTS) is 1. The van der Waals surface area contributed by atoms with E-state index in [1.807, 2.05) is 31.2 Å². The van der Waals surface area contributed by atoms with Crippen LogP contribution in [0, 0.1) is 6.92 Å². The molecule has 7 heteroatoms. The lowest BCUT2D eigenvalue weighted by atomic mass is 10.1. The molecule has 1 aromatic heterocycles. The van der Waals surface area contributed by atoms with Crippen LogP contribution < -0.4 is 11.5 Å². The highest BCUT2D eigenvalue weighted by Gasteiger charge is 2.04. The zero-order valence-corrected chi connectivity index (χ0v) is 13.0. The normalized spacial score (nSPS) is 9.71. The predicted octanol–water partition coefficient (Wildman–Crippen LogP) is 2.40. The highest BCUT2D eigenvalue weighted by molar-refractivity contribution is 5.87. The van der Waals surface area contributed by atoms with Gasteiger partial charge in [0.05, 0.1) is 5.56 Å². The fraction of sp³-hybridized carbons (Fsp3) is 0.0588. The lowest BCUT2D eigenvalue weighted by Gasteiger charge is -2.02. The SMILES string of the molecule is Cc1ccc(-c2nc(N)nc(N)n2)cc1.O=C(O)c1ccccc1. The molecule has 24 heavy (non-hydrogen) atoms. The van der Waals surface area contributed by atoms with Crippen molar-refractivity contribution in [3.63, 3.8) is 0 Å². The minimum atomic E-state index is -0.879. The van der Waals surface area contributed by atoms with Gasteiger partial charge in [-0.25, -0.2) is 4.79 Å². The van der Waals surface area contributed by atoms with E-state index < -0.39 is 5.97 Å². The van der Waals surface area contributed by atoms with Gasteiger partial charge in [-0.15, -0.1) is 0 Å². The number of anilines is 2. The fourth-order valence-corrected chi connectivity index (χ4v) is 1.82. The van der Waals surface area contributed by atoms with Crippen molar-refractivity contribution in [1.29, 1.82) is 0 Å². The molecule has 0 radical (unpaired) electrons. The third-order valence-corrected chi connectivity index (χ3v) is 3.00. The van der Waals surface area contributed by atoms with Gasteiger partial charge in [0.1, 0.15) is 0 Å². The monoisotopic (exact) mass is 323 g/mol. The summed E-state index contributed by atoms with van der Waals surface area (Å²) in [6, 6.07) is 16.1. The van der Waals surface area contributed by atoms with Crippen molar-refractivity contribution in [2.75, 3.05) is 11.5 Å². The highest BCUT2D eigenvalue weighted by Crippen LogP contribution is 2.16. The Balaban J connectivity index is 0.000000198. The quantitative estimate of drug-likeness (QED) is 0.660. The first-order valence-corrected chi connectivity index (χ1v) is 7.08. The maximum atomic E-state index is 10.2. The van der Waals surface area contributed by atoms with E-state index in [1.165, 1.54) is 5.56 Å². The molecule has 3 rings (SSSR count). The molecule has 122 valence electrons. The molecule has 0 bridgehead atoms. The van der Waals surface area contributed by atoms with Gasteiger partial charge in [-0.3, -0.25) is 0 Å². The summed E-state index contributed by atoms with van der Waals surface area (Å²) >= 11 is 0. The molecule has 0 fully saturated rings. The van der Waals surface area contributed by atoms with Crippen molar-refractivity contribution in [3.8, 4) is 11.4 Å². The van der Waals surface area contributed by atoms with Crippen LogP contribution in [0.2, 0.25) is 0 Å². The Kier molecular flexibility index (Phi) is 5.40. The van der Waals surface area contributed by atoms with Crippen LogP contribution in [-0.2, 0) is 0 Å². The average molecular weight is 323 g/mol. The molecule has 5 N–H and O–H groups in total. The zero-order chi connectivity index (χ0) is 17.5. The number of aromatic carboxylic acids is 1. The molecule has 1 heterocycles. The Morgan fingerprint density at radius 2 is 1.42 bits per heavy atom. The van der Waals surface area contributed by atoms with Crippen LogP contribution in [0.5, 0.6) is 0 Å². The number of nitrogens with two attached hydrogens (primary N) is 2. The molecular weight excluding hydrogens is 306 g/mol. The van der Waals surface area contributed by atoms with Gasteiger partial charge in [0.15, 0.2) is 5.82 Å². The largest absolute Gasteiger partial charge is 0.478 e. The number of carbonyl (C=O) groups is 1. The Hall–Kier alpha value is -3.48. The van der Waals surface area contributed by atoms with Crippen LogP contribution in [0.3, 0.4) is 0 Å². The number of aryl methyl sites for hydroxylation is 1. The summed E-state index contributed by atoms with van der Waals surface area (Å²) in [6.45, 7) is 2.01. The highest BCUT2D eigenvalue weighted by atomic mass is 16.4. The molecule has 0 saturated heterocycles. The number of nitrogen functional groups attached to an aromatic ring is 2. The van der Waals surface area contributed by atoms with Crippen LogP contribution in [0.15, 0.2) is 54.6 Å². The Bertz CT molecular complexity index is 800. The number of hydrogen-bond acceptors (Lipinski definition) is 6. The molecule has 0 aliphatic rings. The van der Waals surface area contributed by atoms with Crippen LogP contribution in [-0.4, -0.2) is 26.0 Å². The molecule has 2 aromatic carbocycles. The zero-order valence-electron chi connectivity index (χ0n) is 13.0. The lowest BCUT2D eigenvalue weighted by molar-refractivity contribution is 0.0697. The predicted molar refractivity (Wildman–Crippen MR) is 92.2 cm³/mol. The minimum Gasteiger partial charge on any atom is -0.478 e. The van der Waals surface area contributed by atoms with Gasteiger partial charge in [-0.05, 0) is 19.1 Å². The summed E-state index contributed by atoms with van der Waals surface area (Å²) < 4.78 is 0. The molecule has 0 unspecified atom stereocenters. The van der Waals surface area contributed by atoms with Crippen LogP contribution in [0.25, 0.3) is 11.4 Å². The van der Waals surface area contributed by atoms with E-state index in [9.17, 15) is 4.79 Å². The van der Waals surface area contributed by atoms with Crippen molar-refractivity contribution >= 4 is 17.9 Å². The number of aromatic nitrogens is 3. The van der Waals surface area contributed by atoms with Gasteiger partial charge < -0.3 is 16.6 Å². The molecule has 0 aliphatic carbocycles. The smallest absolute Gasteiger partial charge is 0.335 e. The van der Waals surface area contributed by atoms with Crippen molar-refractivity contribution in [2.45, 2.75) is 6.92 Å². The molecule has 7 nitrogen and oxygen atoms in total. The lowest BCUT2D eigenvalue weighted by Crippen LogP contribution is -2.04. The van der Waals surface area contributed by atoms with Crippen molar-refractivity contribution in [1.82, 2.24) is 15.0 Å². The number of rotatable bonds is 2. The molecule has 0 amide bonds. The van der Waals surface area contributed by atoms with Gasteiger partial charge in [0.2, 0.25) is 11.9 Å². The molecule has 0 spiro atoms. The van der Waals surface area contributed by atoms with Crippen LogP contribution >= 0.6 is 0 Å². The number of hydrogen-bond donors (Lipinski definition) is 3. The third kappa shape index (κ3) is 4.77. The summed E-state index contributed by atoms with van der Waals surface area (Å²) in [5.74, 6) is -0.105. The molecular formula is C17H17N5O2. The average Bonchev–Trinajstić information content (AvgIpc) is 2.56. The Morgan fingerprint density at radius 3 is 1.88 bits per heavy atom. The van der Waals surface area contributed by atoms with E-state index in [2.05, 4.69) is 15.0 Å². The van der Waals surface area contributed by atoms with Crippen molar-refractivity contribution in [2.24, 2.45) is 0 Å². The minimum absolute atomic E-state index is 0.137. The van der Waals surface area contributed by atoms with Crippen LogP contribution in [0.1, 0.15) is 15.9 Å². The molecule has 0 aliphatic heterocycles. The maximum absolute atomic E-state index is 10.2. The van der Waals surface area contributed by atoms with E-state index in [4.69, 9.17) is 16.6 Å². The molecule has 0 saturated carbocycles. The standard InChI is InChI=1S/C10H11N5.C7H6O2/c1-6-2-4-7(5-3-6)8-13-9(11)15-10(12)14-8;8-7(9)6-4-2-1-3-5-6/h2-5H,1H3,(H4,11,12,13,14,15);1-5H,(H,8,9). The summed E-state index contributed by atoms with van der Waals surface area (Å²) in [4.78, 5) is 21.9. The van der Waals surface area contributed by atoms with E-state index in [-0.39, 0.29) is 11.9 Å². The second-order valence-electron chi connectivity index (χ2n) is 4.91. The van der Waals surface area contributed by atoms with Crippen molar-refractivity contribution in [3.05, 3.63) is 65.7 Å². The van der Waals surface area contributed by atoms with Gasteiger partial charge in [0, 0.05) is 5.56 Å². The first-order chi connectivity index (χ1) is 11.5. The summed E-state index contributed by atoms with van der Waals surface area (Å²) in [7, 11) is 0. The van der Waals surface area contributed by atoms with E-state index in [1.54, 1.807) is 30.3 Å². The molecule has 0 atom stereocenters. The van der Waals surface area contributed by atoms with Crippen molar-refractivity contribution < 1.29 is 9.90 Å². The van der Waals surface area contributed by atoms with Gasteiger partial charge in [-0.1, -0.05) is 48.0 Å². The maximum Gasteiger partial charge on any atom is 0.335 e. The number of benzene rings is 2. The fourth-order valence-electron chi connectivity index (χ4n) is 1.82. The number of nitrogens with zero attached hydrogens (tertiary/aromatic N) is 3. The summed E-state index contributed by atoms with van der Waals surface area (Å²) in [5, 5.41) is 8.38. The Morgan fingerprint density at radius 1 is 0.875 bits per heavy atom. The van der Waals surface area contributed by atoms with E-state index in [0.717, 1.165) is 5.56 Å². The molecule has 3 aromatic rings. The third-order valence-electron chi connectivity index (χ3n) is 3.00. The van der Waals surface area contributed by atoms with Crippen LogP contribution in [0.4, 0.5) is 11.9 Å². The Labute approximate surface area is 139 Å². The van der Waals surface area contributed by atoms with Gasteiger partial charge in [0.25, 0.3) is 0 Å². The van der Waals surface area contributed by atoms with Gasteiger partial charge >= 0.3 is 5.97 Å². The summed E-state index contributed by atoms with van der Waals surface area (Å²) in [5.41, 5.74) is 13.4. The second-order valence-corrected chi connectivity index (χ2v) is 4.91. The first kappa shape index (κ1) is 16.9. The summed E-state index contributed by atoms with van der Waals surface area (Å²) in [6.07, 6.45) is 0. The topological polar surface area (TPSA) is 128 Å². The first-order valence-electron chi connectivity index (χ1n) is 7.08. The van der Waals surface area contributed by atoms with Gasteiger partial charge in [-0.2, -0.15) is 15.0 Å². The van der Waals surface area contributed by atoms with E-state index in [0.29, 0.717) is 11.4 Å². The number of carboxylic acids is 1. The second kappa shape index (κ2) is 7.68.